The second-order valence-electron chi connectivity index (χ2n) is 5.92. The molecule has 0 saturated heterocycles. The van der Waals surface area contributed by atoms with Crippen molar-refractivity contribution in [3.8, 4) is 5.75 Å². The number of carbonyl (C=O) groups is 1. The molecule has 1 N–H and O–H groups in total. The Morgan fingerprint density at radius 3 is 2.74 bits per heavy atom. The lowest BCUT2D eigenvalue weighted by atomic mass is 10.3. The first-order valence-corrected chi connectivity index (χ1v) is 8.37. The molecule has 0 fully saturated rings. The highest BCUT2D eigenvalue weighted by atomic mass is 16.5. The number of carbonyl (C=O) groups excluding carboxylic acids is 1. The van der Waals surface area contributed by atoms with Gasteiger partial charge in [0, 0.05) is 18.8 Å². The van der Waals surface area contributed by atoms with Gasteiger partial charge in [-0.05, 0) is 36.4 Å². The standard InChI is InChI=1S/C18H17N5O4/c1-26-13-6-4-12(5-7-13)22-8-9-23-17(25)15(20-21-18(22)23)16(24)19-11-14-3-2-10-27-14/h2-7,10H,8-9,11H2,1H3,(H,19,24). The number of fused-ring (bicyclic) bond motifs is 1. The van der Waals surface area contributed by atoms with E-state index in [9.17, 15) is 9.59 Å². The number of aromatic nitrogens is 3. The monoisotopic (exact) mass is 367 g/mol. The molecule has 1 aliphatic heterocycles. The first kappa shape index (κ1) is 16.8. The Morgan fingerprint density at radius 2 is 2.04 bits per heavy atom. The average molecular weight is 367 g/mol. The lowest BCUT2D eigenvalue weighted by Crippen LogP contribution is -2.34. The number of hydrogen-bond donors (Lipinski definition) is 1. The largest absolute Gasteiger partial charge is 0.497 e. The lowest BCUT2D eigenvalue weighted by molar-refractivity contribution is 0.0939. The van der Waals surface area contributed by atoms with Gasteiger partial charge in [-0.1, -0.05) is 0 Å². The van der Waals surface area contributed by atoms with Crippen LogP contribution in [0.4, 0.5) is 11.6 Å². The van der Waals surface area contributed by atoms with Gasteiger partial charge in [-0.25, -0.2) is 0 Å². The fraction of sp³-hybridized carbons (Fsp3) is 0.222. The smallest absolute Gasteiger partial charge is 0.286 e. The molecule has 1 aliphatic rings. The van der Waals surface area contributed by atoms with Gasteiger partial charge in [0.15, 0.2) is 0 Å². The molecule has 0 radical (unpaired) electrons. The summed E-state index contributed by atoms with van der Waals surface area (Å²) in [6.07, 6.45) is 1.51. The van der Waals surface area contributed by atoms with Crippen molar-refractivity contribution in [3.05, 3.63) is 64.5 Å². The topological polar surface area (TPSA) is 102 Å². The van der Waals surface area contributed by atoms with Crippen LogP contribution >= 0.6 is 0 Å². The molecule has 2 aromatic heterocycles. The third-order valence-electron chi connectivity index (χ3n) is 4.32. The van der Waals surface area contributed by atoms with Gasteiger partial charge in [-0.2, -0.15) is 0 Å². The van der Waals surface area contributed by atoms with Crippen molar-refractivity contribution >= 4 is 17.5 Å². The minimum atomic E-state index is -0.581. The van der Waals surface area contributed by atoms with Crippen LogP contribution in [0.5, 0.6) is 5.75 Å². The van der Waals surface area contributed by atoms with E-state index >= 15 is 0 Å². The zero-order valence-electron chi connectivity index (χ0n) is 14.6. The van der Waals surface area contributed by atoms with Gasteiger partial charge in [0.25, 0.3) is 11.5 Å². The van der Waals surface area contributed by atoms with Gasteiger partial charge >= 0.3 is 0 Å². The zero-order chi connectivity index (χ0) is 18.8. The molecule has 0 spiro atoms. The van der Waals surface area contributed by atoms with Crippen LogP contribution in [0, 0.1) is 0 Å². The number of rotatable bonds is 5. The molecular weight excluding hydrogens is 350 g/mol. The maximum absolute atomic E-state index is 12.7. The van der Waals surface area contributed by atoms with E-state index in [2.05, 4.69) is 15.5 Å². The summed E-state index contributed by atoms with van der Waals surface area (Å²) in [5, 5.41) is 10.6. The van der Waals surface area contributed by atoms with E-state index in [1.807, 2.05) is 29.2 Å². The van der Waals surface area contributed by atoms with Gasteiger partial charge in [-0.3, -0.25) is 14.2 Å². The highest BCUT2D eigenvalue weighted by Crippen LogP contribution is 2.28. The van der Waals surface area contributed by atoms with E-state index in [0.29, 0.717) is 24.8 Å². The molecule has 0 atom stereocenters. The molecule has 0 aliphatic carbocycles. The summed E-state index contributed by atoms with van der Waals surface area (Å²) in [6.45, 7) is 1.16. The molecule has 0 unspecified atom stereocenters. The SMILES string of the molecule is COc1ccc(N2CCn3c2nnc(C(=O)NCc2ccco2)c3=O)cc1. The molecule has 0 saturated carbocycles. The van der Waals surface area contributed by atoms with Gasteiger partial charge in [0.2, 0.25) is 11.6 Å². The lowest BCUT2D eigenvalue weighted by Gasteiger charge is -2.17. The zero-order valence-corrected chi connectivity index (χ0v) is 14.6. The number of anilines is 2. The minimum absolute atomic E-state index is 0.173. The van der Waals surface area contributed by atoms with Crippen LogP contribution in [0.25, 0.3) is 0 Å². The van der Waals surface area contributed by atoms with Crippen molar-refractivity contribution < 1.29 is 13.9 Å². The van der Waals surface area contributed by atoms with E-state index in [-0.39, 0.29) is 12.2 Å². The number of ether oxygens (including phenoxy) is 1. The van der Waals surface area contributed by atoms with Crippen LogP contribution in [0.1, 0.15) is 16.2 Å². The summed E-state index contributed by atoms with van der Waals surface area (Å²) in [6, 6.07) is 10.9. The molecule has 138 valence electrons. The molecular formula is C18H17N5O4. The van der Waals surface area contributed by atoms with E-state index < -0.39 is 11.5 Å². The van der Waals surface area contributed by atoms with E-state index in [0.717, 1.165) is 11.4 Å². The predicted molar refractivity (Wildman–Crippen MR) is 96.2 cm³/mol. The van der Waals surface area contributed by atoms with Crippen LogP contribution in [-0.2, 0) is 13.1 Å². The highest BCUT2D eigenvalue weighted by Gasteiger charge is 2.27. The van der Waals surface area contributed by atoms with Crippen LogP contribution in [0.2, 0.25) is 0 Å². The number of amides is 1. The molecule has 3 aromatic rings. The van der Waals surface area contributed by atoms with Crippen molar-refractivity contribution in [1.82, 2.24) is 20.1 Å². The maximum Gasteiger partial charge on any atom is 0.286 e. The minimum Gasteiger partial charge on any atom is -0.497 e. The van der Waals surface area contributed by atoms with Crippen molar-refractivity contribution in [2.75, 3.05) is 18.6 Å². The number of nitrogens with one attached hydrogen (secondary N) is 1. The number of hydrogen-bond acceptors (Lipinski definition) is 7. The quantitative estimate of drug-likeness (QED) is 0.725. The van der Waals surface area contributed by atoms with Crippen molar-refractivity contribution in [2.45, 2.75) is 13.1 Å². The van der Waals surface area contributed by atoms with E-state index in [1.54, 1.807) is 19.2 Å². The summed E-state index contributed by atoms with van der Waals surface area (Å²) in [5.41, 5.74) is 0.167. The molecule has 27 heavy (non-hydrogen) atoms. The van der Waals surface area contributed by atoms with Crippen LogP contribution in [-0.4, -0.2) is 34.3 Å². The second kappa shape index (κ2) is 6.94. The Kier molecular flexibility index (Phi) is 4.33. The summed E-state index contributed by atoms with van der Waals surface area (Å²) in [7, 11) is 1.60. The highest BCUT2D eigenvalue weighted by molar-refractivity contribution is 5.91. The van der Waals surface area contributed by atoms with Gasteiger partial charge in [-0.15, -0.1) is 10.2 Å². The molecule has 1 aromatic carbocycles. The molecule has 4 rings (SSSR count). The normalized spacial score (nSPS) is 12.7. The third-order valence-corrected chi connectivity index (χ3v) is 4.32. The fourth-order valence-corrected chi connectivity index (χ4v) is 2.92. The van der Waals surface area contributed by atoms with Crippen molar-refractivity contribution in [2.24, 2.45) is 0 Å². The fourth-order valence-electron chi connectivity index (χ4n) is 2.92. The second-order valence-corrected chi connectivity index (χ2v) is 5.92. The van der Waals surface area contributed by atoms with Crippen LogP contribution in [0.3, 0.4) is 0 Å². The van der Waals surface area contributed by atoms with Crippen LogP contribution < -0.4 is 20.5 Å². The third kappa shape index (κ3) is 3.14. The summed E-state index contributed by atoms with van der Waals surface area (Å²) < 4.78 is 11.8. The first-order valence-electron chi connectivity index (χ1n) is 8.37. The Morgan fingerprint density at radius 1 is 1.22 bits per heavy atom. The Hall–Kier alpha value is -3.62. The maximum atomic E-state index is 12.7. The molecule has 0 bridgehead atoms. The average Bonchev–Trinajstić information content (AvgIpc) is 3.36. The first-order chi connectivity index (χ1) is 13.2. The Balaban J connectivity index is 1.56. The van der Waals surface area contributed by atoms with Gasteiger partial charge in [0.1, 0.15) is 11.5 Å². The summed E-state index contributed by atoms with van der Waals surface area (Å²) >= 11 is 0. The number of nitrogens with zero attached hydrogens (tertiary/aromatic N) is 4. The summed E-state index contributed by atoms with van der Waals surface area (Å²) in [4.78, 5) is 26.8. The molecule has 1 amide bonds. The van der Waals surface area contributed by atoms with Gasteiger partial charge < -0.3 is 19.4 Å². The number of methoxy groups -OCH3 is 1. The van der Waals surface area contributed by atoms with Crippen molar-refractivity contribution in [3.63, 3.8) is 0 Å². The van der Waals surface area contributed by atoms with Crippen molar-refractivity contribution in [1.29, 1.82) is 0 Å². The van der Waals surface area contributed by atoms with E-state index in [4.69, 9.17) is 9.15 Å². The molecule has 3 heterocycles. The molecule has 9 heteroatoms. The number of benzene rings is 1. The Labute approximate surface area is 154 Å². The Bertz CT molecular complexity index is 1010. The predicted octanol–water partition coefficient (Wildman–Crippen LogP) is 1.32. The number of furan rings is 1. The van der Waals surface area contributed by atoms with E-state index in [1.165, 1.54) is 10.8 Å². The molecule has 9 nitrogen and oxygen atoms in total. The summed E-state index contributed by atoms with van der Waals surface area (Å²) in [5.74, 6) is 1.16. The van der Waals surface area contributed by atoms with Gasteiger partial charge in [0.05, 0.1) is 19.9 Å². The van der Waals surface area contributed by atoms with Crippen LogP contribution in [0.15, 0.2) is 51.9 Å².